The highest BCUT2D eigenvalue weighted by molar-refractivity contribution is 9.10. The lowest BCUT2D eigenvalue weighted by Crippen LogP contribution is -2.48. The summed E-state index contributed by atoms with van der Waals surface area (Å²) in [6, 6.07) is 5.39. The third-order valence-electron chi connectivity index (χ3n) is 3.64. The molecule has 1 fully saturated rings. The first-order valence-electron chi connectivity index (χ1n) is 6.34. The Morgan fingerprint density at radius 1 is 1.40 bits per heavy atom. The van der Waals surface area contributed by atoms with Gasteiger partial charge in [-0.1, -0.05) is 13.0 Å². The van der Waals surface area contributed by atoms with E-state index in [1.54, 1.807) is 6.07 Å². The van der Waals surface area contributed by atoms with Crippen LogP contribution in [0.5, 0.6) is 0 Å². The summed E-state index contributed by atoms with van der Waals surface area (Å²) in [5.41, 5.74) is 6.97. The molecule has 0 aliphatic carbocycles. The van der Waals surface area contributed by atoms with E-state index in [4.69, 9.17) is 5.73 Å². The van der Waals surface area contributed by atoms with Crippen molar-refractivity contribution in [1.29, 1.82) is 0 Å². The molecule has 0 spiro atoms. The summed E-state index contributed by atoms with van der Waals surface area (Å²) in [5.74, 6) is 0.188. The number of nitrogens with zero attached hydrogens (tertiary/aromatic N) is 1. The van der Waals surface area contributed by atoms with Gasteiger partial charge in [-0.05, 0) is 52.9 Å². The minimum atomic E-state index is -3.43. The lowest BCUT2D eigenvalue weighted by atomic mass is 9.96. The van der Waals surface area contributed by atoms with Crippen LogP contribution in [0.25, 0.3) is 0 Å². The van der Waals surface area contributed by atoms with Crippen LogP contribution in [0, 0.1) is 12.8 Å². The van der Waals surface area contributed by atoms with Crippen molar-refractivity contribution in [3.63, 3.8) is 0 Å². The Morgan fingerprint density at radius 2 is 2.05 bits per heavy atom. The Balaban J connectivity index is 0.00000200. The van der Waals surface area contributed by atoms with E-state index in [2.05, 4.69) is 15.9 Å². The summed E-state index contributed by atoms with van der Waals surface area (Å²) in [6.45, 7) is 4.91. The van der Waals surface area contributed by atoms with E-state index in [1.807, 2.05) is 26.0 Å². The van der Waals surface area contributed by atoms with E-state index < -0.39 is 10.0 Å². The van der Waals surface area contributed by atoms with Gasteiger partial charge < -0.3 is 5.73 Å². The Morgan fingerprint density at radius 3 is 2.60 bits per heavy atom. The van der Waals surface area contributed by atoms with Crippen LogP contribution in [-0.4, -0.2) is 31.9 Å². The lowest BCUT2D eigenvalue weighted by Gasteiger charge is -2.34. The van der Waals surface area contributed by atoms with Crippen molar-refractivity contribution >= 4 is 38.4 Å². The fourth-order valence-corrected chi connectivity index (χ4v) is 5.01. The third kappa shape index (κ3) is 3.54. The van der Waals surface area contributed by atoms with E-state index in [-0.39, 0.29) is 24.4 Å². The maximum Gasteiger partial charge on any atom is 0.244 e. The van der Waals surface area contributed by atoms with E-state index in [9.17, 15) is 8.42 Å². The van der Waals surface area contributed by atoms with Gasteiger partial charge in [0, 0.05) is 23.6 Å². The SMILES string of the molecule is Cc1ccc(S(=O)(=O)N2CCC(N)C(C)C2)c(Br)c1.Cl. The highest BCUT2D eigenvalue weighted by Gasteiger charge is 2.32. The Hall–Kier alpha value is -0.140. The van der Waals surface area contributed by atoms with Gasteiger partial charge in [0.25, 0.3) is 0 Å². The summed E-state index contributed by atoms with van der Waals surface area (Å²) in [4.78, 5) is 0.334. The van der Waals surface area contributed by atoms with Crippen LogP contribution in [0.15, 0.2) is 27.6 Å². The van der Waals surface area contributed by atoms with Gasteiger partial charge in [0.15, 0.2) is 0 Å². The molecule has 2 unspecified atom stereocenters. The second-order valence-electron chi connectivity index (χ2n) is 5.23. The van der Waals surface area contributed by atoms with Crippen molar-refractivity contribution in [2.75, 3.05) is 13.1 Å². The number of nitrogens with two attached hydrogens (primary N) is 1. The van der Waals surface area contributed by atoms with Gasteiger partial charge in [-0.2, -0.15) is 4.31 Å². The second kappa shape index (κ2) is 6.75. The van der Waals surface area contributed by atoms with Crippen molar-refractivity contribution in [2.24, 2.45) is 11.7 Å². The zero-order chi connectivity index (χ0) is 14.2. The quantitative estimate of drug-likeness (QED) is 0.853. The molecular formula is C13H20BrClN2O2S. The molecule has 20 heavy (non-hydrogen) atoms. The molecule has 4 nitrogen and oxygen atoms in total. The van der Waals surface area contributed by atoms with Crippen LogP contribution in [0.1, 0.15) is 18.9 Å². The molecule has 2 rings (SSSR count). The first-order valence-corrected chi connectivity index (χ1v) is 8.57. The molecule has 1 aliphatic rings. The molecule has 1 aliphatic heterocycles. The smallest absolute Gasteiger partial charge is 0.244 e. The molecule has 0 bridgehead atoms. The van der Waals surface area contributed by atoms with Crippen molar-refractivity contribution in [2.45, 2.75) is 31.2 Å². The van der Waals surface area contributed by atoms with Gasteiger partial charge in [-0.25, -0.2) is 8.42 Å². The number of aryl methyl sites for hydroxylation is 1. The van der Waals surface area contributed by atoms with Gasteiger partial charge in [0.05, 0.1) is 4.90 Å². The summed E-state index contributed by atoms with van der Waals surface area (Å²) in [5, 5.41) is 0. The van der Waals surface area contributed by atoms with Crippen LogP contribution in [0.3, 0.4) is 0 Å². The van der Waals surface area contributed by atoms with Crippen molar-refractivity contribution < 1.29 is 8.42 Å². The predicted octanol–water partition coefficient (Wildman–Crippen LogP) is 2.54. The molecule has 1 heterocycles. The zero-order valence-corrected chi connectivity index (χ0v) is 14.8. The van der Waals surface area contributed by atoms with E-state index in [0.717, 1.165) is 5.56 Å². The van der Waals surface area contributed by atoms with Crippen molar-refractivity contribution in [3.05, 3.63) is 28.2 Å². The highest BCUT2D eigenvalue weighted by atomic mass is 79.9. The predicted molar refractivity (Wildman–Crippen MR) is 86.6 cm³/mol. The first kappa shape index (κ1) is 17.9. The zero-order valence-electron chi connectivity index (χ0n) is 11.5. The summed E-state index contributed by atoms with van der Waals surface area (Å²) in [6.07, 6.45) is 0.712. The minimum Gasteiger partial charge on any atom is -0.327 e. The number of sulfonamides is 1. The highest BCUT2D eigenvalue weighted by Crippen LogP contribution is 2.28. The van der Waals surface area contributed by atoms with Crippen LogP contribution in [-0.2, 0) is 10.0 Å². The average molecular weight is 384 g/mol. The minimum absolute atomic E-state index is 0. The molecular weight excluding hydrogens is 364 g/mol. The average Bonchev–Trinajstić information content (AvgIpc) is 2.32. The fraction of sp³-hybridized carbons (Fsp3) is 0.538. The maximum absolute atomic E-state index is 12.6. The Labute approximate surface area is 135 Å². The molecule has 114 valence electrons. The molecule has 0 radical (unpaired) electrons. The van der Waals surface area contributed by atoms with Gasteiger partial charge in [-0.15, -0.1) is 12.4 Å². The molecule has 7 heteroatoms. The number of hydrogen-bond donors (Lipinski definition) is 1. The van der Waals surface area contributed by atoms with Gasteiger partial charge in [0.2, 0.25) is 10.0 Å². The normalized spacial score (nSPS) is 24.2. The number of rotatable bonds is 2. The van der Waals surface area contributed by atoms with Crippen molar-refractivity contribution in [1.82, 2.24) is 4.31 Å². The van der Waals surface area contributed by atoms with E-state index in [0.29, 0.717) is 28.9 Å². The van der Waals surface area contributed by atoms with E-state index in [1.165, 1.54) is 4.31 Å². The summed E-state index contributed by atoms with van der Waals surface area (Å²) >= 11 is 3.35. The molecule has 1 aromatic carbocycles. The topological polar surface area (TPSA) is 63.4 Å². The second-order valence-corrected chi connectivity index (χ2v) is 7.99. The molecule has 2 N–H and O–H groups in total. The first-order chi connectivity index (χ1) is 8.82. The maximum atomic E-state index is 12.6. The van der Waals surface area contributed by atoms with Gasteiger partial charge in [0.1, 0.15) is 0 Å². The molecule has 1 saturated heterocycles. The van der Waals surface area contributed by atoms with Gasteiger partial charge >= 0.3 is 0 Å². The summed E-state index contributed by atoms with van der Waals surface area (Å²) < 4.78 is 27.4. The number of halogens is 2. The van der Waals surface area contributed by atoms with Crippen LogP contribution >= 0.6 is 28.3 Å². The fourth-order valence-electron chi connectivity index (χ4n) is 2.30. The molecule has 2 atom stereocenters. The van der Waals surface area contributed by atoms with E-state index >= 15 is 0 Å². The number of piperidine rings is 1. The number of benzene rings is 1. The van der Waals surface area contributed by atoms with Crippen molar-refractivity contribution in [3.8, 4) is 0 Å². The van der Waals surface area contributed by atoms with Crippen LogP contribution < -0.4 is 5.73 Å². The molecule has 0 aromatic heterocycles. The summed E-state index contributed by atoms with van der Waals surface area (Å²) in [7, 11) is -3.43. The Kier molecular flexibility index (Phi) is 6.04. The number of hydrogen-bond acceptors (Lipinski definition) is 3. The standard InChI is InChI=1S/C13H19BrN2O2S.ClH/c1-9-3-4-13(11(14)7-9)19(17,18)16-6-5-12(15)10(2)8-16;/h3-4,7,10,12H,5-6,8,15H2,1-2H3;1H. The molecule has 1 aromatic rings. The van der Waals surface area contributed by atoms with Crippen LogP contribution in [0.2, 0.25) is 0 Å². The molecule has 0 saturated carbocycles. The van der Waals surface area contributed by atoms with Crippen LogP contribution in [0.4, 0.5) is 0 Å². The lowest BCUT2D eigenvalue weighted by molar-refractivity contribution is 0.250. The third-order valence-corrected chi connectivity index (χ3v) is 6.48. The van der Waals surface area contributed by atoms with Gasteiger partial charge in [-0.3, -0.25) is 0 Å². The Bertz CT molecular complexity index is 580. The molecule has 0 amide bonds. The largest absolute Gasteiger partial charge is 0.327 e. The monoisotopic (exact) mass is 382 g/mol.